The maximum atomic E-state index is 13.2. The molecule has 4 heteroatoms. The first-order valence-corrected chi connectivity index (χ1v) is 4.71. The van der Waals surface area contributed by atoms with E-state index in [-0.39, 0.29) is 18.7 Å². The lowest BCUT2D eigenvalue weighted by molar-refractivity contribution is 0.303. The Kier molecular flexibility index (Phi) is 4.19. The van der Waals surface area contributed by atoms with E-state index in [2.05, 4.69) is 0 Å². The molecule has 0 bridgehead atoms. The van der Waals surface area contributed by atoms with Crippen molar-refractivity contribution in [1.82, 2.24) is 4.90 Å². The quantitative estimate of drug-likeness (QED) is 0.713. The average molecular weight is 210 g/mol. The SMILES string of the molecule is CCN(CC#N)Cc1c(F)cccc1F. The standard InChI is InChI=1S/C11H12F2N2/c1-2-15(7-6-14)8-9-10(12)4-3-5-11(9)13/h3-5H,2,7-8H2,1H3. The molecule has 0 radical (unpaired) electrons. The molecule has 0 atom stereocenters. The minimum Gasteiger partial charge on any atom is -0.286 e. The minimum atomic E-state index is -0.564. The summed E-state index contributed by atoms with van der Waals surface area (Å²) in [5.41, 5.74) is 0.0228. The molecule has 1 rings (SSSR count). The van der Waals surface area contributed by atoms with E-state index in [4.69, 9.17) is 5.26 Å². The monoisotopic (exact) mass is 210 g/mol. The van der Waals surface area contributed by atoms with Crippen LogP contribution in [0, 0.1) is 23.0 Å². The molecule has 0 amide bonds. The third kappa shape index (κ3) is 3.00. The van der Waals surface area contributed by atoms with Gasteiger partial charge in [0.05, 0.1) is 12.6 Å². The van der Waals surface area contributed by atoms with Crippen molar-refractivity contribution in [2.75, 3.05) is 13.1 Å². The second-order valence-electron chi connectivity index (χ2n) is 3.16. The van der Waals surface area contributed by atoms with Crippen LogP contribution < -0.4 is 0 Å². The highest BCUT2D eigenvalue weighted by Crippen LogP contribution is 2.14. The van der Waals surface area contributed by atoms with Crippen LogP contribution in [0.5, 0.6) is 0 Å². The van der Waals surface area contributed by atoms with Crippen LogP contribution in [0.4, 0.5) is 8.78 Å². The smallest absolute Gasteiger partial charge is 0.130 e. The zero-order valence-electron chi connectivity index (χ0n) is 8.50. The molecule has 80 valence electrons. The Morgan fingerprint density at radius 2 is 1.93 bits per heavy atom. The van der Waals surface area contributed by atoms with Gasteiger partial charge in [-0.05, 0) is 18.7 Å². The second-order valence-corrected chi connectivity index (χ2v) is 3.16. The van der Waals surface area contributed by atoms with Crippen molar-refractivity contribution in [2.24, 2.45) is 0 Å². The Bertz CT molecular complexity index is 351. The molecule has 0 aliphatic carbocycles. The fourth-order valence-corrected chi connectivity index (χ4v) is 1.29. The normalized spacial score (nSPS) is 10.3. The lowest BCUT2D eigenvalue weighted by Crippen LogP contribution is -2.24. The van der Waals surface area contributed by atoms with Gasteiger partial charge in [-0.25, -0.2) is 8.78 Å². The van der Waals surface area contributed by atoms with Crippen LogP contribution in [-0.4, -0.2) is 18.0 Å². The van der Waals surface area contributed by atoms with Crippen LogP contribution in [0.1, 0.15) is 12.5 Å². The van der Waals surface area contributed by atoms with Gasteiger partial charge in [0, 0.05) is 12.1 Å². The molecule has 0 aliphatic rings. The van der Waals surface area contributed by atoms with Gasteiger partial charge in [0.1, 0.15) is 11.6 Å². The third-order valence-electron chi connectivity index (χ3n) is 2.18. The van der Waals surface area contributed by atoms with E-state index >= 15 is 0 Å². The molecule has 1 aromatic rings. The molecular formula is C11H12F2N2. The Labute approximate surface area is 87.7 Å². The summed E-state index contributed by atoms with van der Waals surface area (Å²) in [7, 11) is 0. The predicted molar refractivity (Wildman–Crippen MR) is 52.9 cm³/mol. The minimum absolute atomic E-state index is 0.0228. The second kappa shape index (κ2) is 5.42. The van der Waals surface area contributed by atoms with Crippen molar-refractivity contribution in [3.63, 3.8) is 0 Å². The molecular weight excluding hydrogens is 198 g/mol. The fraction of sp³-hybridized carbons (Fsp3) is 0.364. The highest BCUT2D eigenvalue weighted by atomic mass is 19.1. The number of hydrogen-bond donors (Lipinski definition) is 0. The molecule has 2 nitrogen and oxygen atoms in total. The summed E-state index contributed by atoms with van der Waals surface area (Å²) in [6, 6.07) is 5.73. The van der Waals surface area contributed by atoms with Gasteiger partial charge in [-0.2, -0.15) is 5.26 Å². The van der Waals surface area contributed by atoms with E-state index in [1.807, 2.05) is 13.0 Å². The van der Waals surface area contributed by atoms with Crippen LogP contribution in [0.25, 0.3) is 0 Å². The Hall–Kier alpha value is -1.47. The van der Waals surface area contributed by atoms with Crippen molar-refractivity contribution in [3.05, 3.63) is 35.4 Å². The summed E-state index contributed by atoms with van der Waals surface area (Å²) in [5, 5.41) is 8.51. The number of benzene rings is 1. The van der Waals surface area contributed by atoms with E-state index in [0.717, 1.165) is 0 Å². The van der Waals surface area contributed by atoms with Gasteiger partial charge in [0.25, 0.3) is 0 Å². The number of halogens is 2. The van der Waals surface area contributed by atoms with E-state index < -0.39 is 11.6 Å². The van der Waals surface area contributed by atoms with Crippen molar-refractivity contribution in [3.8, 4) is 6.07 Å². The van der Waals surface area contributed by atoms with Crippen LogP contribution >= 0.6 is 0 Å². The Balaban J connectivity index is 2.83. The van der Waals surface area contributed by atoms with Crippen LogP contribution in [0.15, 0.2) is 18.2 Å². The zero-order valence-corrected chi connectivity index (χ0v) is 8.50. The first-order valence-electron chi connectivity index (χ1n) is 4.71. The molecule has 0 aromatic heterocycles. The largest absolute Gasteiger partial charge is 0.286 e. The van der Waals surface area contributed by atoms with E-state index in [9.17, 15) is 8.78 Å². The summed E-state index contributed by atoms with van der Waals surface area (Å²) in [4.78, 5) is 1.67. The zero-order chi connectivity index (χ0) is 11.3. The van der Waals surface area contributed by atoms with E-state index in [1.54, 1.807) is 4.90 Å². The first-order chi connectivity index (χ1) is 7.19. The van der Waals surface area contributed by atoms with Gasteiger partial charge < -0.3 is 0 Å². The number of rotatable bonds is 4. The lowest BCUT2D eigenvalue weighted by atomic mass is 10.2. The van der Waals surface area contributed by atoms with Gasteiger partial charge in [0.2, 0.25) is 0 Å². The van der Waals surface area contributed by atoms with E-state index in [1.165, 1.54) is 18.2 Å². The first kappa shape index (κ1) is 11.6. The van der Waals surface area contributed by atoms with Crippen LogP contribution in [0.2, 0.25) is 0 Å². The summed E-state index contributed by atoms with van der Waals surface area (Å²) in [6.07, 6.45) is 0. The van der Waals surface area contributed by atoms with Crippen LogP contribution in [-0.2, 0) is 6.54 Å². The third-order valence-corrected chi connectivity index (χ3v) is 2.18. The van der Waals surface area contributed by atoms with Gasteiger partial charge in [0.15, 0.2) is 0 Å². The number of nitrogens with zero attached hydrogens (tertiary/aromatic N) is 2. The lowest BCUT2D eigenvalue weighted by Gasteiger charge is -2.17. The summed E-state index contributed by atoms with van der Waals surface area (Å²) < 4.78 is 26.5. The molecule has 0 N–H and O–H groups in total. The van der Waals surface area contributed by atoms with E-state index in [0.29, 0.717) is 6.54 Å². The maximum Gasteiger partial charge on any atom is 0.130 e. The molecule has 0 fully saturated rings. The summed E-state index contributed by atoms with van der Waals surface area (Å²) in [5.74, 6) is -1.13. The number of hydrogen-bond acceptors (Lipinski definition) is 2. The van der Waals surface area contributed by atoms with Crippen molar-refractivity contribution in [2.45, 2.75) is 13.5 Å². The topological polar surface area (TPSA) is 27.0 Å². The van der Waals surface area contributed by atoms with Crippen molar-refractivity contribution < 1.29 is 8.78 Å². The summed E-state index contributed by atoms with van der Waals surface area (Å²) in [6.45, 7) is 2.73. The van der Waals surface area contributed by atoms with Crippen molar-refractivity contribution >= 4 is 0 Å². The average Bonchev–Trinajstić information content (AvgIpc) is 2.22. The fourth-order valence-electron chi connectivity index (χ4n) is 1.29. The maximum absolute atomic E-state index is 13.2. The van der Waals surface area contributed by atoms with Gasteiger partial charge in [-0.3, -0.25) is 4.90 Å². The molecule has 0 spiro atoms. The number of nitriles is 1. The van der Waals surface area contributed by atoms with Gasteiger partial charge >= 0.3 is 0 Å². The Morgan fingerprint density at radius 1 is 1.33 bits per heavy atom. The Morgan fingerprint density at radius 3 is 2.40 bits per heavy atom. The summed E-state index contributed by atoms with van der Waals surface area (Å²) >= 11 is 0. The molecule has 0 heterocycles. The van der Waals surface area contributed by atoms with Gasteiger partial charge in [-0.1, -0.05) is 13.0 Å². The highest BCUT2D eigenvalue weighted by Gasteiger charge is 2.11. The molecule has 15 heavy (non-hydrogen) atoms. The highest BCUT2D eigenvalue weighted by molar-refractivity contribution is 5.19. The molecule has 0 saturated heterocycles. The van der Waals surface area contributed by atoms with Crippen molar-refractivity contribution in [1.29, 1.82) is 5.26 Å². The molecule has 0 saturated carbocycles. The van der Waals surface area contributed by atoms with Crippen LogP contribution in [0.3, 0.4) is 0 Å². The molecule has 0 aliphatic heterocycles. The van der Waals surface area contributed by atoms with Gasteiger partial charge in [-0.15, -0.1) is 0 Å². The predicted octanol–water partition coefficient (Wildman–Crippen LogP) is 2.31. The molecule has 1 aromatic carbocycles. The molecule has 0 unspecified atom stereocenters.